The Morgan fingerprint density at radius 1 is 1.21 bits per heavy atom. The minimum Gasteiger partial charge on any atom is -0.462 e. The molecule has 0 aliphatic heterocycles. The summed E-state index contributed by atoms with van der Waals surface area (Å²) in [6.07, 6.45) is 2.74. The van der Waals surface area contributed by atoms with E-state index in [2.05, 4.69) is 40.7 Å². The highest BCUT2D eigenvalue weighted by Gasteiger charge is 2.10. The van der Waals surface area contributed by atoms with Gasteiger partial charge in [-0.05, 0) is 99.0 Å². The second-order valence-electron chi connectivity index (χ2n) is 8.20. The van der Waals surface area contributed by atoms with Crippen molar-refractivity contribution in [1.29, 1.82) is 0 Å². The molecule has 1 aromatic heterocycles. The molecule has 1 heterocycles. The maximum absolute atomic E-state index is 13.8. The quantitative estimate of drug-likeness (QED) is 0.155. The third-order valence-corrected chi connectivity index (χ3v) is 6.29. The van der Waals surface area contributed by atoms with Crippen LogP contribution >= 0.6 is 39.5 Å². The van der Waals surface area contributed by atoms with Gasteiger partial charge in [-0.2, -0.15) is 0 Å². The van der Waals surface area contributed by atoms with E-state index in [9.17, 15) is 9.18 Å². The maximum Gasteiger partial charge on any atom is 0.293 e. The molecule has 3 N–H and O–H groups in total. The number of nitrogens with zero attached hydrogens (tertiary/aromatic N) is 1. The third kappa shape index (κ3) is 9.38. The Bertz CT molecular complexity index is 1080. The Hall–Kier alpha value is -1.91. The summed E-state index contributed by atoms with van der Waals surface area (Å²) in [5, 5.41) is 3.80. The lowest BCUT2D eigenvalue weighted by Gasteiger charge is -2.14. The Balaban J connectivity index is 0.000000509. The van der Waals surface area contributed by atoms with E-state index in [1.807, 2.05) is 52.1 Å². The zero-order valence-electron chi connectivity index (χ0n) is 19.5. The smallest absolute Gasteiger partial charge is 0.293 e. The number of benzene rings is 2. The molecule has 0 fully saturated rings. The first-order valence-electron chi connectivity index (χ1n) is 10.6. The number of halogens is 3. The lowest BCUT2D eigenvalue weighted by atomic mass is 10.2. The minimum absolute atomic E-state index is 0.307. The zero-order chi connectivity index (χ0) is 25.1. The highest BCUT2D eigenvalue weighted by Crippen LogP contribution is 2.31. The molecule has 0 aliphatic carbocycles. The molecule has 0 radical (unpaired) electrons. The highest BCUT2D eigenvalue weighted by molar-refractivity contribution is 9.10. The fraction of sp³-hybridized carbons (Fsp3) is 0.333. The Morgan fingerprint density at radius 2 is 1.94 bits per heavy atom. The van der Waals surface area contributed by atoms with Gasteiger partial charge in [0, 0.05) is 22.6 Å². The van der Waals surface area contributed by atoms with Crippen LogP contribution in [0.25, 0.3) is 22.6 Å². The number of aromatic amines is 1. The van der Waals surface area contributed by atoms with Gasteiger partial charge in [0.05, 0.1) is 21.4 Å². The van der Waals surface area contributed by atoms with Gasteiger partial charge >= 0.3 is 0 Å². The van der Waals surface area contributed by atoms with Crippen LogP contribution in [0.3, 0.4) is 0 Å². The van der Waals surface area contributed by atoms with Crippen LogP contribution in [-0.4, -0.2) is 42.2 Å². The lowest BCUT2D eigenvalue weighted by Crippen LogP contribution is -2.17. The number of imidazole rings is 1. The van der Waals surface area contributed by atoms with Crippen LogP contribution in [0.5, 0.6) is 0 Å². The van der Waals surface area contributed by atoms with E-state index in [1.165, 1.54) is 18.0 Å². The third-order valence-electron chi connectivity index (χ3n) is 4.30. The van der Waals surface area contributed by atoms with Crippen molar-refractivity contribution in [3.05, 3.63) is 57.9 Å². The molecule has 0 aliphatic rings. The monoisotopic (exact) mass is 570 g/mol. The van der Waals surface area contributed by atoms with Crippen LogP contribution in [0, 0.1) is 5.82 Å². The van der Waals surface area contributed by atoms with E-state index >= 15 is 0 Å². The Kier molecular flexibility index (Phi) is 11.5. The normalized spacial score (nSPS) is 11.0. The van der Waals surface area contributed by atoms with Crippen LogP contribution in [0.4, 0.5) is 4.39 Å². The van der Waals surface area contributed by atoms with Gasteiger partial charge < -0.3 is 15.0 Å². The first-order chi connectivity index (χ1) is 16.1. The fourth-order valence-corrected chi connectivity index (χ4v) is 3.85. The van der Waals surface area contributed by atoms with Crippen LogP contribution in [0.2, 0.25) is 5.02 Å². The van der Waals surface area contributed by atoms with Crippen molar-refractivity contribution in [1.82, 2.24) is 20.0 Å². The van der Waals surface area contributed by atoms with Crippen molar-refractivity contribution < 1.29 is 13.9 Å². The summed E-state index contributed by atoms with van der Waals surface area (Å²) in [5.41, 5.74) is 2.10. The molecule has 0 spiro atoms. The summed E-state index contributed by atoms with van der Waals surface area (Å²) < 4.78 is 22.1. The van der Waals surface area contributed by atoms with Gasteiger partial charge in [0.1, 0.15) is 17.2 Å². The molecular formula is C24H29BrClFN4O2S. The van der Waals surface area contributed by atoms with Gasteiger partial charge in [0.15, 0.2) is 0 Å². The van der Waals surface area contributed by atoms with E-state index in [4.69, 9.17) is 11.6 Å². The molecular weight excluding hydrogens is 543 g/mol. The van der Waals surface area contributed by atoms with Gasteiger partial charge in [-0.25, -0.2) is 9.37 Å². The first kappa shape index (κ1) is 28.3. The standard InChI is InChI=1S/C19H19BrClFN4S.C5H10O2/c1-23-7-2-8-25-27-18-10-13(4-6-15(18)21)19-24-11-17(26-19)12-3-5-14(20)16(22)9-12;1-5(2,3)7-4-6/h3-6,9-11,23,25H,2,7-8H2,1H3,(H,24,26);4H,1-3H3. The maximum atomic E-state index is 13.8. The predicted molar refractivity (Wildman–Crippen MR) is 141 cm³/mol. The summed E-state index contributed by atoms with van der Waals surface area (Å²) in [5.74, 6) is 0.403. The predicted octanol–water partition coefficient (Wildman–Crippen LogP) is 6.46. The van der Waals surface area contributed by atoms with E-state index in [-0.39, 0.29) is 11.4 Å². The van der Waals surface area contributed by atoms with Crippen molar-refractivity contribution in [3.63, 3.8) is 0 Å². The van der Waals surface area contributed by atoms with Crippen LogP contribution in [-0.2, 0) is 9.53 Å². The van der Waals surface area contributed by atoms with Crippen LogP contribution in [0.1, 0.15) is 27.2 Å². The summed E-state index contributed by atoms with van der Waals surface area (Å²) in [6, 6.07) is 10.8. The second-order valence-corrected chi connectivity index (χ2v) is 10.4. The van der Waals surface area contributed by atoms with Crippen molar-refractivity contribution >= 4 is 46.0 Å². The number of hydrogen-bond donors (Lipinski definition) is 3. The van der Waals surface area contributed by atoms with Crippen molar-refractivity contribution in [2.45, 2.75) is 37.7 Å². The topological polar surface area (TPSA) is 79.0 Å². The molecule has 184 valence electrons. The molecule has 0 atom stereocenters. The largest absolute Gasteiger partial charge is 0.462 e. The van der Waals surface area contributed by atoms with Crippen LogP contribution in [0.15, 0.2) is 52.0 Å². The zero-order valence-corrected chi connectivity index (χ0v) is 22.7. The summed E-state index contributed by atoms with van der Waals surface area (Å²) in [6.45, 7) is 7.77. The Labute approximate surface area is 217 Å². The first-order valence-corrected chi connectivity index (χ1v) is 12.6. The lowest BCUT2D eigenvalue weighted by molar-refractivity contribution is -0.138. The van der Waals surface area contributed by atoms with Crippen molar-refractivity contribution in [2.24, 2.45) is 0 Å². The van der Waals surface area contributed by atoms with E-state index in [0.29, 0.717) is 21.8 Å². The fourth-order valence-electron chi connectivity index (χ4n) is 2.62. The SMILES string of the molecule is CC(C)(C)OC=O.CNCCCNSc1cc(-c2ncc(-c3ccc(Br)c(F)c3)[nH]2)ccc1Cl. The van der Waals surface area contributed by atoms with E-state index < -0.39 is 0 Å². The Morgan fingerprint density at radius 3 is 2.56 bits per heavy atom. The van der Waals surface area contributed by atoms with Gasteiger partial charge in [-0.3, -0.25) is 9.52 Å². The average Bonchev–Trinajstić information content (AvgIpc) is 3.26. The number of H-pyrrole nitrogens is 1. The van der Waals surface area contributed by atoms with Gasteiger partial charge in [-0.1, -0.05) is 17.7 Å². The summed E-state index contributed by atoms with van der Waals surface area (Å²) >= 11 is 11.0. The number of ether oxygens (including phenoxy) is 1. The number of aromatic nitrogens is 2. The number of carbonyl (C=O) groups excluding carboxylic acids is 1. The number of nitrogens with one attached hydrogen (secondary N) is 3. The molecule has 2 aromatic carbocycles. The van der Waals surface area contributed by atoms with Crippen LogP contribution < -0.4 is 10.0 Å². The average molecular weight is 572 g/mol. The van der Waals surface area contributed by atoms with Gasteiger partial charge in [0.25, 0.3) is 6.47 Å². The minimum atomic E-state index is -0.318. The molecule has 0 saturated heterocycles. The molecule has 0 bridgehead atoms. The highest BCUT2D eigenvalue weighted by atomic mass is 79.9. The molecule has 10 heteroatoms. The molecule has 34 heavy (non-hydrogen) atoms. The molecule has 6 nitrogen and oxygen atoms in total. The molecule has 0 unspecified atom stereocenters. The van der Waals surface area contributed by atoms with Crippen molar-refractivity contribution in [3.8, 4) is 22.6 Å². The second kappa shape index (κ2) is 13.8. The van der Waals surface area contributed by atoms with Gasteiger partial charge in [-0.15, -0.1) is 0 Å². The number of hydrogen-bond acceptors (Lipinski definition) is 6. The number of carbonyl (C=O) groups is 1. The van der Waals surface area contributed by atoms with E-state index in [1.54, 1.807) is 12.3 Å². The molecule has 0 saturated carbocycles. The molecule has 0 amide bonds. The summed E-state index contributed by atoms with van der Waals surface area (Å²) in [7, 11) is 1.94. The van der Waals surface area contributed by atoms with E-state index in [0.717, 1.165) is 41.2 Å². The number of rotatable bonds is 9. The van der Waals surface area contributed by atoms with Crippen molar-refractivity contribution in [2.75, 3.05) is 20.1 Å². The molecule has 3 aromatic rings. The molecule has 3 rings (SSSR count). The summed E-state index contributed by atoms with van der Waals surface area (Å²) in [4.78, 5) is 18.2. The van der Waals surface area contributed by atoms with Gasteiger partial charge in [0.2, 0.25) is 0 Å².